The van der Waals surface area contributed by atoms with Gasteiger partial charge in [0, 0.05) is 23.4 Å². The fourth-order valence-corrected chi connectivity index (χ4v) is 3.64. The minimum atomic E-state index is 0.160. The van der Waals surface area contributed by atoms with Gasteiger partial charge >= 0.3 is 0 Å². The second kappa shape index (κ2) is 9.20. The Kier molecular flexibility index (Phi) is 6.45. The number of benzene rings is 2. The molecule has 1 aromatic heterocycles. The predicted molar refractivity (Wildman–Crippen MR) is 106 cm³/mol. The summed E-state index contributed by atoms with van der Waals surface area (Å²) in [6, 6.07) is 22.1. The summed E-state index contributed by atoms with van der Waals surface area (Å²) in [7, 11) is 1.67. The molecule has 0 saturated heterocycles. The number of thiophene rings is 1. The van der Waals surface area contributed by atoms with Gasteiger partial charge < -0.3 is 9.64 Å². The average Bonchev–Trinajstić information content (AvgIpc) is 3.20. The first-order valence-electron chi connectivity index (χ1n) is 8.72. The molecule has 0 unspecified atom stereocenters. The molecule has 0 aliphatic rings. The molecule has 0 atom stereocenters. The third-order valence-corrected chi connectivity index (χ3v) is 5.16. The zero-order valence-electron chi connectivity index (χ0n) is 14.9. The Morgan fingerprint density at radius 1 is 0.962 bits per heavy atom. The van der Waals surface area contributed by atoms with Gasteiger partial charge in [-0.05, 0) is 29.5 Å². The smallest absolute Gasteiger partial charge is 0.223 e. The highest BCUT2D eigenvalue weighted by Crippen LogP contribution is 2.22. The number of aryl methyl sites for hydroxylation is 1. The van der Waals surface area contributed by atoms with E-state index in [1.807, 2.05) is 58.8 Å². The van der Waals surface area contributed by atoms with Gasteiger partial charge in [0.1, 0.15) is 5.75 Å². The van der Waals surface area contributed by atoms with Crippen molar-refractivity contribution in [1.29, 1.82) is 0 Å². The van der Waals surface area contributed by atoms with Crippen molar-refractivity contribution in [2.75, 3.05) is 7.11 Å². The molecule has 26 heavy (non-hydrogen) atoms. The molecular weight excluding hydrogens is 342 g/mol. The number of nitrogens with zero attached hydrogens (tertiary/aromatic N) is 1. The van der Waals surface area contributed by atoms with Crippen molar-refractivity contribution >= 4 is 17.2 Å². The second-order valence-corrected chi connectivity index (χ2v) is 7.16. The zero-order chi connectivity index (χ0) is 18.2. The lowest BCUT2D eigenvalue weighted by Crippen LogP contribution is -2.30. The van der Waals surface area contributed by atoms with Crippen LogP contribution in [0.4, 0.5) is 0 Å². The molecule has 4 heteroatoms. The van der Waals surface area contributed by atoms with Gasteiger partial charge in [-0.25, -0.2) is 0 Å². The Labute approximate surface area is 158 Å². The van der Waals surface area contributed by atoms with Crippen LogP contribution in [0, 0.1) is 0 Å². The molecule has 1 amide bonds. The van der Waals surface area contributed by atoms with E-state index in [4.69, 9.17) is 4.74 Å². The highest BCUT2D eigenvalue weighted by atomic mass is 32.1. The van der Waals surface area contributed by atoms with Crippen molar-refractivity contribution in [2.45, 2.75) is 25.9 Å². The van der Waals surface area contributed by atoms with Gasteiger partial charge in [-0.3, -0.25) is 4.79 Å². The van der Waals surface area contributed by atoms with Crippen LogP contribution in [0.2, 0.25) is 0 Å². The summed E-state index contributed by atoms with van der Waals surface area (Å²) < 4.78 is 5.46. The Morgan fingerprint density at radius 2 is 1.73 bits per heavy atom. The highest BCUT2D eigenvalue weighted by Gasteiger charge is 2.17. The Morgan fingerprint density at radius 3 is 2.46 bits per heavy atom. The molecule has 0 saturated carbocycles. The van der Waals surface area contributed by atoms with E-state index in [-0.39, 0.29) is 5.91 Å². The van der Waals surface area contributed by atoms with Crippen molar-refractivity contribution in [2.24, 2.45) is 0 Å². The van der Waals surface area contributed by atoms with Crippen molar-refractivity contribution in [3.63, 3.8) is 0 Å². The lowest BCUT2D eigenvalue weighted by molar-refractivity contribution is -0.132. The van der Waals surface area contributed by atoms with Crippen LogP contribution in [0.3, 0.4) is 0 Å². The summed E-state index contributed by atoms with van der Waals surface area (Å²) in [5, 5.41) is 2.05. The van der Waals surface area contributed by atoms with Gasteiger partial charge in [-0.1, -0.05) is 54.6 Å². The first-order chi connectivity index (χ1) is 12.8. The van der Waals surface area contributed by atoms with Gasteiger partial charge in [0.25, 0.3) is 0 Å². The van der Waals surface area contributed by atoms with Gasteiger partial charge in [0.2, 0.25) is 5.91 Å². The van der Waals surface area contributed by atoms with Crippen LogP contribution < -0.4 is 4.74 Å². The number of hydrogen-bond acceptors (Lipinski definition) is 3. The van der Waals surface area contributed by atoms with Crippen LogP contribution in [0.25, 0.3) is 0 Å². The average molecular weight is 365 g/mol. The van der Waals surface area contributed by atoms with Gasteiger partial charge in [-0.2, -0.15) is 0 Å². The van der Waals surface area contributed by atoms with Crippen LogP contribution >= 0.6 is 11.3 Å². The van der Waals surface area contributed by atoms with Gasteiger partial charge in [-0.15, -0.1) is 11.3 Å². The molecule has 0 spiro atoms. The van der Waals surface area contributed by atoms with Crippen molar-refractivity contribution in [3.05, 3.63) is 88.1 Å². The topological polar surface area (TPSA) is 29.5 Å². The first-order valence-corrected chi connectivity index (χ1v) is 9.60. The summed E-state index contributed by atoms with van der Waals surface area (Å²) in [5.41, 5.74) is 2.22. The van der Waals surface area contributed by atoms with E-state index >= 15 is 0 Å². The summed E-state index contributed by atoms with van der Waals surface area (Å²) in [6.45, 7) is 1.18. The monoisotopic (exact) mass is 365 g/mol. The van der Waals surface area contributed by atoms with Crippen LogP contribution in [-0.2, 0) is 24.3 Å². The number of amides is 1. The summed E-state index contributed by atoms with van der Waals surface area (Å²) >= 11 is 1.68. The molecule has 0 radical (unpaired) electrons. The maximum atomic E-state index is 12.9. The van der Waals surface area contributed by atoms with Crippen molar-refractivity contribution < 1.29 is 9.53 Å². The summed E-state index contributed by atoms with van der Waals surface area (Å²) in [4.78, 5) is 16.0. The first kappa shape index (κ1) is 18.2. The SMILES string of the molecule is COc1ccccc1CN(Cc1cccs1)C(=O)CCc1ccccc1. The van der Waals surface area contributed by atoms with E-state index in [2.05, 4.69) is 18.2 Å². The number of carbonyl (C=O) groups is 1. The molecule has 0 aliphatic carbocycles. The highest BCUT2D eigenvalue weighted by molar-refractivity contribution is 7.09. The fourth-order valence-electron chi connectivity index (χ4n) is 2.92. The van der Waals surface area contributed by atoms with Crippen molar-refractivity contribution in [1.82, 2.24) is 4.90 Å². The van der Waals surface area contributed by atoms with Crippen LogP contribution in [0.1, 0.15) is 22.4 Å². The number of rotatable bonds is 8. The summed E-state index contributed by atoms with van der Waals surface area (Å²) in [5.74, 6) is 0.979. The van der Waals surface area contributed by atoms with Crippen LogP contribution in [0.15, 0.2) is 72.1 Å². The Balaban J connectivity index is 1.73. The maximum absolute atomic E-state index is 12.9. The van der Waals surface area contributed by atoms with E-state index in [1.54, 1.807) is 18.4 Å². The molecule has 2 aromatic carbocycles. The van der Waals surface area contributed by atoms with Gasteiger partial charge in [0.05, 0.1) is 13.7 Å². The molecular formula is C22H23NO2S. The van der Waals surface area contributed by atoms with Crippen molar-refractivity contribution in [3.8, 4) is 5.75 Å². The number of hydrogen-bond donors (Lipinski definition) is 0. The molecule has 134 valence electrons. The van der Waals surface area contributed by atoms with E-state index in [9.17, 15) is 4.79 Å². The molecule has 1 heterocycles. The number of para-hydroxylation sites is 1. The minimum absolute atomic E-state index is 0.160. The normalized spacial score (nSPS) is 10.5. The molecule has 3 aromatic rings. The predicted octanol–water partition coefficient (Wildman–Crippen LogP) is 4.92. The van der Waals surface area contributed by atoms with Crippen LogP contribution in [0.5, 0.6) is 5.75 Å². The van der Waals surface area contributed by atoms with E-state index in [0.717, 1.165) is 17.7 Å². The van der Waals surface area contributed by atoms with E-state index in [1.165, 1.54) is 10.4 Å². The number of methoxy groups -OCH3 is 1. The number of ether oxygens (including phenoxy) is 1. The summed E-state index contributed by atoms with van der Waals surface area (Å²) in [6.07, 6.45) is 1.26. The molecule has 0 aliphatic heterocycles. The maximum Gasteiger partial charge on any atom is 0.223 e. The molecule has 3 rings (SSSR count). The minimum Gasteiger partial charge on any atom is -0.496 e. The Bertz CT molecular complexity index is 815. The third-order valence-electron chi connectivity index (χ3n) is 4.30. The largest absolute Gasteiger partial charge is 0.496 e. The van der Waals surface area contributed by atoms with E-state index in [0.29, 0.717) is 19.5 Å². The van der Waals surface area contributed by atoms with Crippen LogP contribution in [-0.4, -0.2) is 17.9 Å². The lowest BCUT2D eigenvalue weighted by atomic mass is 10.1. The number of carbonyl (C=O) groups excluding carboxylic acids is 1. The molecule has 3 nitrogen and oxygen atoms in total. The quantitative estimate of drug-likeness (QED) is 0.567. The Hall–Kier alpha value is -2.59. The zero-order valence-corrected chi connectivity index (χ0v) is 15.7. The lowest BCUT2D eigenvalue weighted by Gasteiger charge is -2.23. The standard InChI is InChI=1S/C22H23NO2S/c1-25-21-12-6-5-10-19(21)16-23(17-20-11-7-15-26-20)22(24)14-13-18-8-3-2-4-9-18/h2-12,15H,13-14,16-17H2,1H3. The molecule has 0 N–H and O–H groups in total. The molecule has 0 bridgehead atoms. The van der Waals surface area contributed by atoms with Gasteiger partial charge in [0.15, 0.2) is 0 Å². The molecule has 0 fully saturated rings. The van der Waals surface area contributed by atoms with E-state index < -0.39 is 0 Å². The second-order valence-electron chi connectivity index (χ2n) is 6.13. The third kappa shape index (κ3) is 4.96. The fraction of sp³-hybridized carbons (Fsp3) is 0.227.